The Morgan fingerprint density at radius 3 is 2.96 bits per heavy atom. The average molecular weight is 443 g/mol. The maximum Gasteiger partial charge on any atom is 0.243 e. The van der Waals surface area contributed by atoms with E-state index in [9.17, 15) is 8.42 Å². The molecule has 0 amide bonds. The first kappa shape index (κ1) is 19.4. The molecule has 2 aromatic rings. The van der Waals surface area contributed by atoms with Crippen LogP contribution >= 0.6 is 22.9 Å². The Labute approximate surface area is 172 Å². The maximum atomic E-state index is 13.1. The van der Waals surface area contributed by atoms with Crippen LogP contribution in [0.1, 0.15) is 11.3 Å². The minimum absolute atomic E-state index is 0.0733. The molecule has 2 aromatic heterocycles. The van der Waals surface area contributed by atoms with Crippen molar-refractivity contribution in [3.05, 3.63) is 34.4 Å². The predicted octanol–water partition coefficient (Wildman–Crippen LogP) is 2.05. The van der Waals surface area contributed by atoms with E-state index in [4.69, 9.17) is 26.8 Å². The van der Waals surface area contributed by atoms with Crippen LogP contribution in [-0.2, 0) is 20.3 Å². The number of fused-ring (bicyclic) bond motifs is 1. The van der Waals surface area contributed by atoms with Gasteiger partial charge in [0, 0.05) is 30.3 Å². The van der Waals surface area contributed by atoms with Crippen molar-refractivity contribution in [1.82, 2.24) is 9.29 Å². The number of nitrogens with two attached hydrogens (primary N) is 1. The van der Waals surface area contributed by atoms with Gasteiger partial charge in [0.1, 0.15) is 16.5 Å². The summed E-state index contributed by atoms with van der Waals surface area (Å²) in [5.74, 6) is 0.542. The van der Waals surface area contributed by atoms with Gasteiger partial charge >= 0.3 is 0 Å². The highest BCUT2D eigenvalue weighted by Crippen LogP contribution is 2.49. The van der Waals surface area contributed by atoms with Gasteiger partial charge in [-0.05, 0) is 18.6 Å². The maximum absolute atomic E-state index is 13.1. The lowest BCUT2D eigenvalue weighted by molar-refractivity contribution is 0.0390. The van der Waals surface area contributed by atoms with Crippen molar-refractivity contribution in [1.29, 1.82) is 0 Å². The van der Waals surface area contributed by atoms with Crippen LogP contribution in [0.4, 0.5) is 0 Å². The molecule has 2 atom stereocenters. The first-order chi connectivity index (χ1) is 13.3. The number of hydrogen-bond acceptors (Lipinski definition) is 8. The second-order valence-electron chi connectivity index (χ2n) is 6.64. The molecule has 0 radical (unpaired) electrons. The zero-order valence-corrected chi connectivity index (χ0v) is 17.6. The lowest BCUT2D eigenvalue weighted by Crippen LogP contribution is -2.60. The number of hydrogen-bond donors (Lipinski definition) is 1. The molecule has 4 heterocycles. The van der Waals surface area contributed by atoms with E-state index < -0.39 is 20.8 Å². The highest BCUT2D eigenvalue weighted by molar-refractivity contribution is 7.90. The van der Waals surface area contributed by atoms with Crippen LogP contribution < -0.4 is 10.5 Å². The third-order valence-corrected chi connectivity index (χ3v) is 9.13. The van der Waals surface area contributed by atoms with Gasteiger partial charge in [0.2, 0.25) is 16.0 Å². The van der Waals surface area contributed by atoms with E-state index in [1.54, 1.807) is 25.6 Å². The summed E-state index contributed by atoms with van der Waals surface area (Å²) in [7, 11) is -0.707. The fourth-order valence-electron chi connectivity index (χ4n) is 3.58. The normalized spacial score (nSPS) is 26.5. The van der Waals surface area contributed by atoms with E-state index >= 15 is 0 Å². The van der Waals surface area contributed by atoms with Crippen LogP contribution in [0, 0.1) is 0 Å². The monoisotopic (exact) mass is 442 g/mol. The number of aromatic nitrogens is 1. The van der Waals surface area contributed by atoms with Crippen molar-refractivity contribution in [2.45, 2.75) is 17.2 Å². The molecule has 2 aliphatic heterocycles. The number of aliphatic imine (C=N–C) groups is 1. The van der Waals surface area contributed by atoms with E-state index in [0.717, 1.165) is 14.7 Å². The summed E-state index contributed by atoms with van der Waals surface area (Å²) >= 11 is 7.94. The molecule has 11 heteroatoms. The van der Waals surface area contributed by atoms with Crippen LogP contribution in [0.3, 0.4) is 0 Å². The molecular formula is C17H19ClN4O4S2. The summed E-state index contributed by atoms with van der Waals surface area (Å²) in [6.45, 7) is 0.437. The van der Waals surface area contributed by atoms with E-state index in [2.05, 4.69) is 9.98 Å². The second-order valence-corrected chi connectivity index (χ2v) is 10.2. The first-order valence-electron chi connectivity index (χ1n) is 8.49. The standard InChI is InChI=1S/C17H19ClN4O4S2/c1-22-16(19)21-17(9-26-4-3-14(17)28(22,23)24)15-12(18)6-13(27-15)10-5-11(25-2)8-20-7-10/h5-8,14H,3-4,9H2,1-2H3,(H2,19,21)/t14?,17-/m0/s1. The topological polar surface area (TPSA) is 107 Å². The molecule has 0 aromatic carbocycles. The molecule has 0 saturated carbocycles. The Balaban J connectivity index is 1.88. The van der Waals surface area contributed by atoms with Gasteiger partial charge in [-0.25, -0.2) is 17.7 Å². The fourth-order valence-corrected chi connectivity index (χ4v) is 7.12. The van der Waals surface area contributed by atoms with Gasteiger partial charge in [-0.15, -0.1) is 11.3 Å². The number of sulfonamides is 1. The Hall–Kier alpha value is -1.88. The van der Waals surface area contributed by atoms with Crippen molar-refractivity contribution in [2.75, 3.05) is 27.4 Å². The number of pyridine rings is 1. The molecule has 1 saturated heterocycles. The molecule has 4 rings (SSSR count). The molecule has 1 unspecified atom stereocenters. The molecular weight excluding hydrogens is 424 g/mol. The second kappa shape index (κ2) is 6.87. The first-order valence-corrected chi connectivity index (χ1v) is 11.2. The number of nitrogens with zero attached hydrogens (tertiary/aromatic N) is 3. The lowest BCUT2D eigenvalue weighted by Gasteiger charge is -2.45. The number of thiophene rings is 1. The third-order valence-electron chi connectivity index (χ3n) is 5.07. The van der Waals surface area contributed by atoms with Gasteiger partial charge in [-0.2, -0.15) is 0 Å². The van der Waals surface area contributed by atoms with Crippen LogP contribution in [0.5, 0.6) is 5.75 Å². The highest BCUT2D eigenvalue weighted by atomic mass is 35.5. The lowest BCUT2D eigenvalue weighted by atomic mass is 9.90. The van der Waals surface area contributed by atoms with E-state index in [0.29, 0.717) is 28.7 Å². The number of rotatable bonds is 3. The van der Waals surface area contributed by atoms with Crippen molar-refractivity contribution in [3.63, 3.8) is 0 Å². The Morgan fingerprint density at radius 1 is 1.43 bits per heavy atom. The Kier molecular flexibility index (Phi) is 4.77. The molecule has 0 spiro atoms. The molecule has 8 nitrogen and oxygen atoms in total. The van der Waals surface area contributed by atoms with Gasteiger partial charge < -0.3 is 15.2 Å². The number of methoxy groups -OCH3 is 1. The van der Waals surface area contributed by atoms with Gasteiger partial charge in [-0.1, -0.05) is 11.6 Å². The summed E-state index contributed by atoms with van der Waals surface area (Å²) in [6, 6.07) is 3.63. The molecule has 1 fully saturated rings. The fraction of sp³-hybridized carbons (Fsp3) is 0.412. The predicted molar refractivity (Wildman–Crippen MR) is 108 cm³/mol. The summed E-state index contributed by atoms with van der Waals surface area (Å²) < 4.78 is 38.0. The molecule has 0 bridgehead atoms. The molecule has 150 valence electrons. The molecule has 2 aliphatic rings. The number of ether oxygens (including phenoxy) is 2. The van der Waals surface area contributed by atoms with E-state index in [1.807, 2.05) is 6.07 Å². The van der Waals surface area contributed by atoms with Gasteiger partial charge in [0.25, 0.3) is 0 Å². The smallest absolute Gasteiger partial charge is 0.243 e. The van der Waals surface area contributed by atoms with Crippen molar-refractivity contribution in [2.24, 2.45) is 10.7 Å². The van der Waals surface area contributed by atoms with Crippen LogP contribution in [0.2, 0.25) is 5.02 Å². The summed E-state index contributed by atoms with van der Waals surface area (Å²) in [4.78, 5) is 10.2. The van der Waals surface area contributed by atoms with Crippen molar-refractivity contribution < 1.29 is 17.9 Å². The van der Waals surface area contributed by atoms with Crippen LogP contribution in [-0.4, -0.2) is 56.3 Å². The number of halogens is 1. The zero-order chi connectivity index (χ0) is 20.1. The van der Waals surface area contributed by atoms with Gasteiger partial charge in [0.15, 0.2) is 0 Å². The van der Waals surface area contributed by atoms with Gasteiger partial charge in [0.05, 0.1) is 29.8 Å². The van der Waals surface area contributed by atoms with Gasteiger partial charge in [-0.3, -0.25) is 4.98 Å². The highest BCUT2D eigenvalue weighted by Gasteiger charge is 2.56. The molecule has 2 N–H and O–H groups in total. The summed E-state index contributed by atoms with van der Waals surface area (Å²) in [5, 5.41) is -0.367. The minimum atomic E-state index is -3.69. The SMILES string of the molecule is COc1cncc(-c2cc(Cl)c([C@]34COCCC3S(=O)(=O)N(C)C(N)=N4)s2)c1. The zero-order valence-electron chi connectivity index (χ0n) is 15.3. The van der Waals surface area contributed by atoms with Crippen molar-refractivity contribution >= 4 is 38.9 Å². The quantitative estimate of drug-likeness (QED) is 0.779. The van der Waals surface area contributed by atoms with E-state index in [-0.39, 0.29) is 12.6 Å². The largest absolute Gasteiger partial charge is 0.495 e. The van der Waals surface area contributed by atoms with Crippen LogP contribution in [0.25, 0.3) is 10.4 Å². The summed E-state index contributed by atoms with van der Waals surface area (Å²) in [6.07, 6.45) is 3.62. The average Bonchev–Trinajstić information content (AvgIpc) is 3.09. The Morgan fingerprint density at radius 2 is 2.21 bits per heavy atom. The minimum Gasteiger partial charge on any atom is -0.495 e. The molecule has 0 aliphatic carbocycles. The van der Waals surface area contributed by atoms with Crippen molar-refractivity contribution in [3.8, 4) is 16.2 Å². The third kappa shape index (κ3) is 2.86. The Bertz CT molecular complexity index is 1060. The molecule has 28 heavy (non-hydrogen) atoms. The van der Waals surface area contributed by atoms with Crippen LogP contribution in [0.15, 0.2) is 29.5 Å². The number of guanidine groups is 1. The summed E-state index contributed by atoms with van der Waals surface area (Å²) in [5.41, 5.74) is 5.61. The van der Waals surface area contributed by atoms with E-state index in [1.165, 1.54) is 18.4 Å².